The molecule has 0 spiro atoms. The van der Waals surface area contributed by atoms with Crippen LogP contribution < -0.4 is 0 Å². The molecule has 2 aromatic rings. The van der Waals surface area contributed by atoms with E-state index in [2.05, 4.69) is 10.1 Å². The summed E-state index contributed by atoms with van der Waals surface area (Å²) in [6.07, 6.45) is 7.13. The van der Waals surface area contributed by atoms with E-state index < -0.39 is 0 Å². The molecule has 0 radical (unpaired) electrons. The van der Waals surface area contributed by atoms with Gasteiger partial charge in [-0.05, 0) is 31.7 Å². The van der Waals surface area contributed by atoms with Crippen LogP contribution in [0.2, 0.25) is 0 Å². The summed E-state index contributed by atoms with van der Waals surface area (Å²) in [6.45, 7) is 3.72. The summed E-state index contributed by atoms with van der Waals surface area (Å²) >= 11 is 0. The number of carbonyl (C=O) groups is 2. The smallest absolute Gasteiger partial charge is 0.245 e. The van der Waals surface area contributed by atoms with Gasteiger partial charge in [-0.25, -0.2) is 9.50 Å². The monoisotopic (exact) mass is 341 g/mol. The Hall–Kier alpha value is -2.44. The summed E-state index contributed by atoms with van der Waals surface area (Å²) < 4.78 is 1.90. The van der Waals surface area contributed by atoms with E-state index in [4.69, 9.17) is 0 Å². The lowest BCUT2D eigenvalue weighted by molar-refractivity contribution is -0.143. The Balaban J connectivity index is 1.44. The zero-order chi connectivity index (χ0) is 17.4. The molecule has 2 saturated heterocycles. The standard InChI is InChI=1S/C18H23N5O2/c1-13(24)22-10-2-3-16(22)18(25)21-11-6-14(7-12-21)15-4-8-19-17-5-9-20-23(15)17/h4-5,8-9,14,16H,2-3,6-7,10-12H2,1H3. The number of carbonyl (C=O) groups excluding carboxylic acids is 2. The Kier molecular flexibility index (Phi) is 4.15. The molecule has 7 nitrogen and oxygen atoms in total. The van der Waals surface area contributed by atoms with Crippen LogP contribution in [-0.4, -0.2) is 61.9 Å². The molecule has 0 saturated carbocycles. The summed E-state index contributed by atoms with van der Waals surface area (Å²) in [5.41, 5.74) is 2.02. The number of hydrogen-bond donors (Lipinski definition) is 0. The summed E-state index contributed by atoms with van der Waals surface area (Å²) in [7, 11) is 0. The number of rotatable bonds is 2. The Labute approximate surface area is 146 Å². The van der Waals surface area contributed by atoms with Gasteiger partial charge in [0.15, 0.2) is 5.65 Å². The van der Waals surface area contributed by atoms with Crippen LogP contribution in [0, 0.1) is 0 Å². The van der Waals surface area contributed by atoms with Crippen LogP contribution in [0.4, 0.5) is 0 Å². The maximum absolute atomic E-state index is 12.8. The first-order chi connectivity index (χ1) is 12.1. The summed E-state index contributed by atoms with van der Waals surface area (Å²) in [5.74, 6) is 0.496. The normalized spacial score (nSPS) is 21.9. The Morgan fingerprint density at radius 2 is 1.88 bits per heavy atom. The van der Waals surface area contributed by atoms with Crippen LogP contribution in [0.15, 0.2) is 24.5 Å². The molecule has 2 aromatic heterocycles. The maximum atomic E-state index is 12.8. The van der Waals surface area contributed by atoms with E-state index in [9.17, 15) is 9.59 Å². The van der Waals surface area contributed by atoms with Crippen LogP contribution >= 0.6 is 0 Å². The van der Waals surface area contributed by atoms with Crippen molar-refractivity contribution in [3.8, 4) is 0 Å². The van der Waals surface area contributed by atoms with Crippen molar-refractivity contribution in [2.45, 2.75) is 44.6 Å². The van der Waals surface area contributed by atoms with Gasteiger partial charge in [-0.3, -0.25) is 9.59 Å². The van der Waals surface area contributed by atoms with Gasteiger partial charge in [0, 0.05) is 50.4 Å². The molecule has 25 heavy (non-hydrogen) atoms. The van der Waals surface area contributed by atoms with E-state index >= 15 is 0 Å². The second kappa shape index (κ2) is 6.46. The molecule has 4 heterocycles. The van der Waals surface area contributed by atoms with Crippen molar-refractivity contribution in [2.75, 3.05) is 19.6 Å². The zero-order valence-electron chi connectivity index (χ0n) is 14.5. The van der Waals surface area contributed by atoms with Gasteiger partial charge in [0.1, 0.15) is 6.04 Å². The number of hydrogen-bond acceptors (Lipinski definition) is 4. The second-order valence-electron chi connectivity index (χ2n) is 6.94. The van der Waals surface area contributed by atoms with E-state index in [0.717, 1.165) is 50.1 Å². The third-order valence-corrected chi connectivity index (χ3v) is 5.49. The maximum Gasteiger partial charge on any atom is 0.245 e. The van der Waals surface area contributed by atoms with Gasteiger partial charge < -0.3 is 9.80 Å². The molecule has 0 aromatic carbocycles. The van der Waals surface area contributed by atoms with Crippen molar-refractivity contribution in [1.29, 1.82) is 0 Å². The van der Waals surface area contributed by atoms with Crippen LogP contribution in [0.25, 0.3) is 5.65 Å². The topological polar surface area (TPSA) is 70.8 Å². The number of nitrogens with zero attached hydrogens (tertiary/aromatic N) is 5. The molecule has 0 bridgehead atoms. The highest BCUT2D eigenvalue weighted by Crippen LogP contribution is 2.29. The SMILES string of the molecule is CC(=O)N1CCCC1C(=O)N1CCC(c2ccnc3ccnn23)CC1. The van der Waals surface area contributed by atoms with Crippen molar-refractivity contribution in [3.63, 3.8) is 0 Å². The molecule has 2 fully saturated rings. The number of likely N-dealkylation sites (tertiary alicyclic amines) is 2. The largest absolute Gasteiger partial charge is 0.341 e. The third kappa shape index (κ3) is 2.88. The molecule has 4 rings (SSSR count). The lowest BCUT2D eigenvalue weighted by atomic mass is 9.92. The number of amides is 2. The van der Waals surface area contributed by atoms with Gasteiger partial charge in [0.25, 0.3) is 0 Å². The predicted octanol–water partition coefficient (Wildman–Crippen LogP) is 1.45. The molecule has 132 valence electrons. The van der Waals surface area contributed by atoms with E-state index in [1.807, 2.05) is 27.7 Å². The first-order valence-corrected chi connectivity index (χ1v) is 9.00. The number of fused-ring (bicyclic) bond motifs is 1. The average Bonchev–Trinajstić information content (AvgIpc) is 3.30. The molecular formula is C18H23N5O2. The van der Waals surface area contributed by atoms with Gasteiger partial charge in [-0.2, -0.15) is 5.10 Å². The van der Waals surface area contributed by atoms with E-state index in [1.54, 1.807) is 18.0 Å². The number of aromatic nitrogens is 3. The van der Waals surface area contributed by atoms with E-state index in [1.165, 1.54) is 0 Å². The van der Waals surface area contributed by atoms with Crippen LogP contribution in [0.5, 0.6) is 0 Å². The van der Waals surface area contributed by atoms with Gasteiger partial charge >= 0.3 is 0 Å². The molecule has 0 N–H and O–H groups in total. The number of piperidine rings is 1. The summed E-state index contributed by atoms with van der Waals surface area (Å²) in [4.78, 5) is 32.5. The molecule has 0 aliphatic carbocycles. The first kappa shape index (κ1) is 16.1. The van der Waals surface area contributed by atoms with E-state index in [-0.39, 0.29) is 17.9 Å². The molecule has 1 atom stereocenters. The predicted molar refractivity (Wildman–Crippen MR) is 92.0 cm³/mol. The average molecular weight is 341 g/mol. The fraction of sp³-hybridized carbons (Fsp3) is 0.556. The highest BCUT2D eigenvalue weighted by molar-refractivity contribution is 5.87. The zero-order valence-corrected chi connectivity index (χ0v) is 14.5. The van der Waals surface area contributed by atoms with Crippen molar-refractivity contribution in [1.82, 2.24) is 24.4 Å². The Morgan fingerprint density at radius 3 is 2.64 bits per heavy atom. The summed E-state index contributed by atoms with van der Waals surface area (Å²) in [6, 6.07) is 3.67. The highest BCUT2D eigenvalue weighted by Gasteiger charge is 2.36. The molecule has 2 aliphatic heterocycles. The molecular weight excluding hydrogens is 318 g/mol. The van der Waals surface area contributed by atoms with Crippen LogP contribution in [0.3, 0.4) is 0 Å². The quantitative estimate of drug-likeness (QED) is 0.829. The summed E-state index contributed by atoms with van der Waals surface area (Å²) in [5, 5.41) is 4.37. The van der Waals surface area contributed by atoms with Crippen LogP contribution in [-0.2, 0) is 9.59 Å². The molecule has 1 unspecified atom stereocenters. The minimum absolute atomic E-state index is 0.00333. The first-order valence-electron chi connectivity index (χ1n) is 9.00. The third-order valence-electron chi connectivity index (χ3n) is 5.49. The highest BCUT2D eigenvalue weighted by atomic mass is 16.2. The Morgan fingerprint density at radius 1 is 1.08 bits per heavy atom. The minimum Gasteiger partial charge on any atom is -0.341 e. The van der Waals surface area contributed by atoms with Crippen molar-refractivity contribution < 1.29 is 9.59 Å². The molecule has 7 heteroatoms. The van der Waals surface area contributed by atoms with Gasteiger partial charge in [-0.1, -0.05) is 0 Å². The fourth-order valence-corrected chi connectivity index (χ4v) is 4.17. The van der Waals surface area contributed by atoms with Crippen molar-refractivity contribution >= 4 is 17.5 Å². The molecule has 2 aliphatic rings. The lowest BCUT2D eigenvalue weighted by Crippen LogP contribution is -2.49. The van der Waals surface area contributed by atoms with Crippen molar-refractivity contribution in [3.05, 3.63) is 30.2 Å². The van der Waals surface area contributed by atoms with E-state index in [0.29, 0.717) is 12.5 Å². The fourth-order valence-electron chi connectivity index (χ4n) is 4.17. The Bertz CT molecular complexity index is 794. The van der Waals surface area contributed by atoms with Crippen LogP contribution in [0.1, 0.15) is 44.2 Å². The van der Waals surface area contributed by atoms with Gasteiger partial charge in [-0.15, -0.1) is 0 Å². The second-order valence-corrected chi connectivity index (χ2v) is 6.94. The molecule has 2 amide bonds. The minimum atomic E-state index is -0.257. The lowest BCUT2D eigenvalue weighted by Gasteiger charge is -2.35. The van der Waals surface area contributed by atoms with Crippen molar-refractivity contribution in [2.24, 2.45) is 0 Å². The van der Waals surface area contributed by atoms with Gasteiger partial charge in [0.05, 0.1) is 6.20 Å². The van der Waals surface area contributed by atoms with Gasteiger partial charge in [0.2, 0.25) is 11.8 Å².